The van der Waals surface area contributed by atoms with Gasteiger partial charge in [0.25, 0.3) is 0 Å². The Bertz CT molecular complexity index is 800. The third kappa shape index (κ3) is 3.44. The number of benzene rings is 1. The fourth-order valence-corrected chi connectivity index (χ4v) is 2.46. The van der Waals surface area contributed by atoms with Gasteiger partial charge >= 0.3 is 18.5 Å². The minimum absolute atomic E-state index is 0.0388. The first-order valence-electron chi connectivity index (χ1n) is 6.56. The number of Topliss-reactive ketones (excluding diaryl/α,β-unsaturated/α-hetero) is 3. The van der Waals surface area contributed by atoms with Crippen LogP contribution in [0.4, 0.5) is 39.5 Å². The van der Waals surface area contributed by atoms with Crippen molar-refractivity contribution in [3.8, 4) is 0 Å². The summed E-state index contributed by atoms with van der Waals surface area (Å²) in [6.07, 6.45) is -18.0. The molecule has 2 rings (SSSR count). The molecule has 0 heterocycles. The molecule has 0 spiro atoms. The van der Waals surface area contributed by atoms with Crippen molar-refractivity contribution < 1.29 is 53.9 Å². The van der Waals surface area contributed by atoms with Crippen LogP contribution in [0.5, 0.6) is 0 Å². The third-order valence-corrected chi connectivity index (χ3v) is 3.62. The second-order valence-electron chi connectivity index (χ2n) is 5.35. The van der Waals surface area contributed by atoms with Crippen LogP contribution in [0.15, 0.2) is 12.1 Å². The number of carbonyl (C=O) groups is 3. The molecule has 0 amide bonds. The Kier molecular flexibility index (Phi) is 4.45. The van der Waals surface area contributed by atoms with Crippen molar-refractivity contribution in [3.63, 3.8) is 0 Å². The molecule has 12 heteroatoms. The number of rotatable bonds is 2. The Labute approximate surface area is 137 Å². The molecule has 0 bridgehead atoms. The topological polar surface area (TPSA) is 51.2 Å². The lowest BCUT2D eigenvalue weighted by Gasteiger charge is -2.14. The highest BCUT2D eigenvalue weighted by atomic mass is 19.4. The van der Waals surface area contributed by atoms with Gasteiger partial charge < -0.3 is 0 Å². The van der Waals surface area contributed by atoms with E-state index in [0.29, 0.717) is 0 Å². The van der Waals surface area contributed by atoms with Gasteiger partial charge in [0, 0.05) is 17.5 Å². The molecule has 1 aromatic carbocycles. The second kappa shape index (κ2) is 5.81. The van der Waals surface area contributed by atoms with Crippen molar-refractivity contribution >= 4 is 17.3 Å². The minimum Gasteiger partial charge on any atom is -0.293 e. The second-order valence-corrected chi connectivity index (χ2v) is 5.35. The van der Waals surface area contributed by atoms with E-state index in [1.165, 1.54) is 0 Å². The maximum Gasteiger partial charge on any atom is 0.450 e. The zero-order valence-electron chi connectivity index (χ0n) is 12.1. The van der Waals surface area contributed by atoms with Crippen molar-refractivity contribution in [2.75, 3.05) is 0 Å². The molecule has 0 aliphatic heterocycles. The van der Waals surface area contributed by atoms with Gasteiger partial charge in [-0.3, -0.25) is 14.4 Å². The van der Waals surface area contributed by atoms with Crippen LogP contribution in [-0.4, -0.2) is 23.5 Å². The molecule has 26 heavy (non-hydrogen) atoms. The van der Waals surface area contributed by atoms with Crippen molar-refractivity contribution in [2.24, 2.45) is 5.92 Å². The van der Waals surface area contributed by atoms with E-state index in [2.05, 4.69) is 0 Å². The van der Waals surface area contributed by atoms with Gasteiger partial charge in [0.2, 0.25) is 5.78 Å². The SMILES string of the molecule is O=C1c2cc(C(F)(F)F)cc(C(F)(F)F)c2C(=O)C1CC(=O)C(F)(F)F. The van der Waals surface area contributed by atoms with E-state index in [-0.39, 0.29) is 6.07 Å². The Balaban J connectivity index is 2.62. The summed E-state index contributed by atoms with van der Waals surface area (Å²) in [4.78, 5) is 34.9. The van der Waals surface area contributed by atoms with Crippen LogP contribution >= 0.6 is 0 Å². The zero-order chi connectivity index (χ0) is 20.2. The van der Waals surface area contributed by atoms with Crippen molar-refractivity contribution in [3.05, 3.63) is 34.4 Å². The molecule has 0 radical (unpaired) electrons. The molecule has 142 valence electrons. The summed E-state index contributed by atoms with van der Waals surface area (Å²) in [7, 11) is 0. The Morgan fingerprint density at radius 1 is 0.846 bits per heavy atom. The first-order valence-corrected chi connectivity index (χ1v) is 6.56. The van der Waals surface area contributed by atoms with Crippen LogP contribution in [0.3, 0.4) is 0 Å². The number of hydrogen-bond acceptors (Lipinski definition) is 3. The van der Waals surface area contributed by atoms with Crippen molar-refractivity contribution in [2.45, 2.75) is 24.9 Å². The van der Waals surface area contributed by atoms with Gasteiger partial charge in [-0.25, -0.2) is 0 Å². The first kappa shape index (κ1) is 19.9. The molecule has 0 saturated carbocycles. The smallest absolute Gasteiger partial charge is 0.293 e. The number of halogens is 9. The third-order valence-electron chi connectivity index (χ3n) is 3.62. The van der Waals surface area contributed by atoms with E-state index >= 15 is 0 Å². The van der Waals surface area contributed by atoms with E-state index in [0.717, 1.165) is 0 Å². The van der Waals surface area contributed by atoms with E-state index in [1.807, 2.05) is 0 Å². The van der Waals surface area contributed by atoms with Gasteiger partial charge in [-0.15, -0.1) is 0 Å². The fraction of sp³-hybridized carbons (Fsp3) is 0.357. The van der Waals surface area contributed by atoms with Gasteiger partial charge in [0.1, 0.15) is 0 Å². The molecular formula is C14H5F9O3. The lowest BCUT2D eigenvalue weighted by molar-refractivity contribution is -0.171. The fourth-order valence-electron chi connectivity index (χ4n) is 2.46. The van der Waals surface area contributed by atoms with Crippen LogP contribution in [0, 0.1) is 5.92 Å². The molecule has 1 aromatic rings. The summed E-state index contributed by atoms with van der Waals surface area (Å²) >= 11 is 0. The number of fused-ring (bicyclic) bond motifs is 1. The van der Waals surface area contributed by atoms with Crippen LogP contribution in [0.2, 0.25) is 0 Å². The van der Waals surface area contributed by atoms with Gasteiger partial charge in [0.05, 0.1) is 17.0 Å². The molecule has 1 unspecified atom stereocenters. The predicted octanol–water partition coefficient (Wildman–Crippen LogP) is 4.24. The van der Waals surface area contributed by atoms with E-state index < -0.39 is 76.5 Å². The molecule has 0 saturated heterocycles. The normalized spacial score (nSPS) is 18.3. The van der Waals surface area contributed by atoms with Crippen LogP contribution in [0.25, 0.3) is 0 Å². The van der Waals surface area contributed by atoms with Crippen molar-refractivity contribution in [1.82, 2.24) is 0 Å². The van der Waals surface area contributed by atoms with Crippen LogP contribution in [0.1, 0.15) is 38.3 Å². The first-order chi connectivity index (χ1) is 11.5. The average Bonchev–Trinajstić information content (AvgIpc) is 2.68. The summed E-state index contributed by atoms with van der Waals surface area (Å²) in [5.74, 6) is -8.48. The average molecular weight is 392 g/mol. The molecule has 3 nitrogen and oxygen atoms in total. The number of hydrogen-bond donors (Lipinski definition) is 0. The molecular weight excluding hydrogens is 387 g/mol. The molecule has 0 fully saturated rings. The summed E-state index contributed by atoms with van der Waals surface area (Å²) in [5, 5.41) is 0. The zero-order valence-corrected chi connectivity index (χ0v) is 12.1. The van der Waals surface area contributed by atoms with Gasteiger partial charge in [0.15, 0.2) is 11.6 Å². The Hall–Kier alpha value is -2.40. The summed E-state index contributed by atoms with van der Waals surface area (Å²) < 4.78 is 114. The highest BCUT2D eigenvalue weighted by molar-refractivity contribution is 6.28. The van der Waals surface area contributed by atoms with Gasteiger partial charge in [-0.1, -0.05) is 0 Å². The summed E-state index contributed by atoms with van der Waals surface area (Å²) in [5.41, 5.74) is -6.76. The Morgan fingerprint density at radius 2 is 1.38 bits per heavy atom. The van der Waals surface area contributed by atoms with Gasteiger partial charge in [-0.2, -0.15) is 39.5 Å². The van der Waals surface area contributed by atoms with E-state index in [9.17, 15) is 53.9 Å². The number of alkyl halides is 9. The molecule has 1 aliphatic rings. The Morgan fingerprint density at radius 3 is 1.81 bits per heavy atom. The maximum atomic E-state index is 13.0. The monoisotopic (exact) mass is 392 g/mol. The van der Waals surface area contributed by atoms with Crippen LogP contribution < -0.4 is 0 Å². The molecule has 0 aromatic heterocycles. The van der Waals surface area contributed by atoms with E-state index in [4.69, 9.17) is 0 Å². The maximum absolute atomic E-state index is 13.0. The number of carbonyl (C=O) groups excluding carboxylic acids is 3. The summed E-state index contributed by atoms with van der Waals surface area (Å²) in [6, 6.07) is -0.444. The largest absolute Gasteiger partial charge is 0.450 e. The molecule has 0 N–H and O–H groups in total. The minimum atomic E-state index is -5.48. The lowest BCUT2D eigenvalue weighted by Crippen LogP contribution is -2.29. The van der Waals surface area contributed by atoms with Crippen molar-refractivity contribution in [1.29, 1.82) is 0 Å². The number of ketones is 3. The predicted molar refractivity (Wildman–Crippen MR) is 64.3 cm³/mol. The lowest BCUT2D eigenvalue weighted by atomic mass is 9.96. The quantitative estimate of drug-likeness (QED) is 0.559. The van der Waals surface area contributed by atoms with Gasteiger partial charge in [-0.05, 0) is 12.1 Å². The molecule has 1 atom stereocenters. The highest BCUT2D eigenvalue weighted by Gasteiger charge is 2.50. The molecule has 1 aliphatic carbocycles. The highest BCUT2D eigenvalue weighted by Crippen LogP contribution is 2.43. The van der Waals surface area contributed by atoms with Crippen LogP contribution in [-0.2, 0) is 17.1 Å². The summed E-state index contributed by atoms with van der Waals surface area (Å²) in [6.45, 7) is 0. The van der Waals surface area contributed by atoms with E-state index in [1.54, 1.807) is 0 Å². The standard InChI is InChI=1S/C14H5F9O3/c15-12(16,17)4-1-5-9(7(2-4)13(18,19)20)11(26)6(10(5)25)3-8(24)14(21,22)23/h1-2,6H,3H2.